The topological polar surface area (TPSA) is 29.5 Å². The standard InChI is InChI=1S/C13H17NO2S.ClH/c1-16-13(15)12-4-2-11(3-5-12)10-14-6-8-17-9-7-14;/h2-5H,6-10H2,1H3;1H. The van der Waals surface area contributed by atoms with Gasteiger partial charge in [0.15, 0.2) is 0 Å². The number of thioether (sulfide) groups is 1. The maximum absolute atomic E-state index is 11.3. The zero-order valence-electron chi connectivity index (χ0n) is 10.4. The van der Waals surface area contributed by atoms with Crippen LogP contribution in [0.5, 0.6) is 0 Å². The van der Waals surface area contributed by atoms with Crippen LogP contribution < -0.4 is 0 Å². The lowest BCUT2D eigenvalue weighted by atomic mass is 10.1. The molecule has 0 unspecified atom stereocenters. The molecule has 1 aliphatic rings. The lowest BCUT2D eigenvalue weighted by Crippen LogP contribution is -2.31. The van der Waals surface area contributed by atoms with Crippen molar-refractivity contribution in [3.05, 3.63) is 35.4 Å². The third kappa shape index (κ3) is 4.19. The summed E-state index contributed by atoms with van der Waals surface area (Å²) in [6.07, 6.45) is 0. The molecule has 1 fully saturated rings. The van der Waals surface area contributed by atoms with E-state index in [1.54, 1.807) is 0 Å². The van der Waals surface area contributed by atoms with E-state index in [0.717, 1.165) is 19.6 Å². The van der Waals surface area contributed by atoms with Crippen LogP contribution in [-0.4, -0.2) is 42.6 Å². The number of hydrogen-bond donors (Lipinski definition) is 0. The summed E-state index contributed by atoms with van der Waals surface area (Å²) in [6, 6.07) is 7.68. The van der Waals surface area contributed by atoms with Crippen molar-refractivity contribution in [3.63, 3.8) is 0 Å². The molecule has 5 heteroatoms. The van der Waals surface area contributed by atoms with Crippen molar-refractivity contribution in [3.8, 4) is 0 Å². The Morgan fingerprint density at radius 3 is 2.44 bits per heavy atom. The monoisotopic (exact) mass is 287 g/mol. The van der Waals surface area contributed by atoms with Crippen LogP contribution in [-0.2, 0) is 11.3 Å². The molecule has 0 aromatic heterocycles. The molecule has 0 bridgehead atoms. The van der Waals surface area contributed by atoms with E-state index in [2.05, 4.69) is 9.64 Å². The number of esters is 1. The van der Waals surface area contributed by atoms with Crippen molar-refractivity contribution in [2.24, 2.45) is 0 Å². The molecule has 0 N–H and O–H groups in total. The fourth-order valence-electron chi connectivity index (χ4n) is 1.88. The van der Waals surface area contributed by atoms with Crippen molar-refractivity contribution < 1.29 is 9.53 Å². The second-order valence-corrected chi connectivity index (χ2v) is 5.30. The van der Waals surface area contributed by atoms with E-state index in [9.17, 15) is 4.79 Å². The molecule has 1 aliphatic heterocycles. The third-order valence-electron chi connectivity index (χ3n) is 2.88. The summed E-state index contributed by atoms with van der Waals surface area (Å²) < 4.78 is 4.67. The number of carbonyl (C=O) groups is 1. The number of benzene rings is 1. The van der Waals surface area contributed by atoms with Crippen molar-refractivity contribution in [2.75, 3.05) is 31.7 Å². The minimum absolute atomic E-state index is 0. The van der Waals surface area contributed by atoms with E-state index in [-0.39, 0.29) is 18.4 Å². The van der Waals surface area contributed by atoms with Gasteiger partial charge in [0.2, 0.25) is 0 Å². The molecule has 0 spiro atoms. The van der Waals surface area contributed by atoms with Crippen molar-refractivity contribution in [1.82, 2.24) is 4.90 Å². The molecule has 0 aliphatic carbocycles. The third-order valence-corrected chi connectivity index (χ3v) is 3.83. The molecule has 100 valence electrons. The molecule has 0 amide bonds. The molecule has 2 rings (SSSR count). The number of methoxy groups -OCH3 is 1. The summed E-state index contributed by atoms with van der Waals surface area (Å²) in [6.45, 7) is 3.29. The Labute approximate surface area is 118 Å². The van der Waals surface area contributed by atoms with E-state index >= 15 is 0 Å². The Morgan fingerprint density at radius 1 is 1.28 bits per heavy atom. The van der Waals surface area contributed by atoms with Crippen LogP contribution in [0.1, 0.15) is 15.9 Å². The second kappa shape index (κ2) is 7.67. The quantitative estimate of drug-likeness (QED) is 0.799. The summed E-state index contributed by atoms with van der Waals surface area (Å²) in [4.78, 5) is 13.7. The average Bonchev–Trinajstić information content (AvgIpc) is 2.40. The molecular formula is C13H18ClNO2S. The normalized spacial score (nSPS) is 15.8. The first-order valence-corrected chi connectivity index (χ1v) is 6.92. The zero-order valence-corrected chi connectivity index (χ0v) is 12.1. The number of rotatable bonds is 3. The van der Waals surface area contributed by atoms with Gasteiger partial charge in [-0.25, -0.2) is 4.79 Å². The van der Waals surface area contributed by atoms with Crippen LogP contribution in [0.3, 0.4) is 0 Å². The van der Waals surface area contributed by atoms with Crippen molar-refractivity contribution >= 4 is 30.1 Å². The Balaban J connectivity index is 0.00000162. The van der Waals surface area contributed by atoms with Gasteiger partial charge >= 0.3 is 5.97 Å². The molecule has 0 saturated carbocycles. The molecule has 3 nitrogen and oxygen atoms in total. The maximum Gasteiger partial charge on any atom is 0.337 e. The molecule has 18 heavy (non-hydrogen) atoms. The molecule has 1 saturated heterocycles. The van der Waals surface area contributed by atoms with Gasteiger partial charge in [-0.1, -0.05) is 12.1 Å². The van der Waals surface area contributed by atoms with E-state index in [1.165, 1.54) is 24.2 Å². The second-order valence-electron chi connectivity index (χ2n) is 4.08. The minimum Gasteiger partial charge on any atom is -0.465 e. The maximum atomic E-state index is 11.3. The van der Waals surface area contributed by atoms with Crippen molar-refractivity contribution in [2.45, 2.75) is 6.54 Å². The van der Waals surface area contributed by atoms with Gasteiger partial charge in [0, 0.05) is 31.1 Å². The predicted octanol–water partition coefficient (Wildman–Crippen LogP) is 2.44. The number of ether oxygens (including phenoxy) is 1. The van der Waals surface area contributed by atoms with Crippen LogP contribution in [0, 0.1) is 0 Å². The highest BCUT2D eigenvalue weighted by Crippen LogP contribution is 2.13. The fourth-order valence-corrected chi connectivity index (χ4v) is 2.86. The molecule has 1 aromatic carbocycles. The lowest BCUT2D eigenvalue weighted by molar-refractivity contribution is 0.0600. The highest BCUT2D eigenvalue weighted by atomic mass is 35.5. The molecule has 0 radical (unpaired) electrons. The molecule has 1 heterocycles. The Morgan fingerprint density at radius 2 is 1.89 bits per heavy atom. The highest BCUT2D eigenvalue weighted by molar-refractivity contribution is 7.99. The lowest BCUT2D eigenvalue weighted by Gasteiger charge is -2.26. The Hall–Kier alpha value is -0.710. The van der Waals surface area contributed by atoms with E-state index in [1.807, 2.05) is 36.0 Å². The van der Waals surface area contributed by atoms with Crippen LogP contribution in [0.25, 0.3) is 0 Å². The fraction of sp³-hybridized carbons (Fsp3) is 0.462. The summed E-state index contributed by atoms with van der Waals surface area (Å²) in [7, 11) is 1.40. The first-order valence-electron chi connectivity index (χ1n) is 5.77. The summed E-state index contributed by atoms with van der Waals surface area (Å²) in [5.41, 5.74) is 1.87. The van der Waals surface area contributed by atoms with Crippen molar-refractivity contribution in [1.29, 1.82) is 0 Å². The summed E-state index contributed by atoms with van der Waals surface area (Å²) in [5, 5.41) is 0. The van der Waals surface area contributed by atoms with Gasteiger partial charge in [-0.3, -0.25) is 4.90 Å². The molecule has 1 aromatic rings. The van der Waals surface area contributed by atoms with Crippen LogP contribution in [0.15, 0.2) is 24.3 Å². The predicted molar refractivity (Wildman–Crippen MR) is 77.6 cm³/mol. The van der Waals surface area contributed by atoms with E-state index in [4.69, 9.17) is 0 Å². The highest BCUT2D eigenvalue weighted by Gasteiger charge is 2.11. The van der Waals surface area contributed by atoms with Gasteiger partial charge in [0.05, 0.1) is 12.7 Å². The van der Waals surface area contributed by atoms with Gasteiger partial charge in [-0.05, 0) is 17.7 Å². The van der Waals surface area contributed by atoms with Gasteiger partial charge in [-0.15, -0.1) is 12.4 Å². The van der Waals surface area contributed by atoms with Crippen LogP contribution >= 0.6 is 24.2 Å². The SMILES string of the molecule is COC(=O)c1ccc(CN2CCSCC2)cc1.Cl. The number of carbonyl (C=O) groups excluding carboxylic acids is 1. The molecule has 0 atom stereocenters. The summed E-state index contributed by atoms with van der Waals surface area (Å²) in [5.74, 6) is 2.17. The van der Waals surface area contributed by atoms with Crippen LogP contribution in [0.2, 0.25) is 0 Å². The smallest absolute Gasteiger partial charge is 0.337 e. The van der Waals surface area contributed by atoms with Gasteiger partial charge in [0.1, 0.15) is 0 Å². The van der Waals surface area contributed by atoms with Gasteiger partial charge < -0.3 is 4.74 Å². The number of nitrogens with zero attached hydrogens (tertiary/aromatic N) is 1. The van der Waals surface area contributed by atoms with Gasteiger partial charge in [0.25, 0.3) is 0 Å². The Kier molecular flexibility index (Phi) is 6.54. The largest absolute Gasteiger partial charge is 0.465 e. The zero-order chi connectivity index (χ0) is 12.1. The van der Waals surface area contributed by atoms with Gasteiger partial charge in [-0.2, -0.15) is 11.8 Å². The first kappa shape index (κ1) is 15.3. The van der Waals surface area contributed by atoms with E-state index in [0.29, 0.717) is 5.56 Å². The van der Waals surface area contributed by atoms with Crippen LogP contribution in [0.4, 0.5) is 0 Å². The summed E-state index contributed by atoms with van der Waals surface area (Å²) >= 11 is 2.02. The first-order chi connectivity index (χ1) is 8.29. The minimum atomic E-state index is -0.272. The Bertz CT molecular complexity index is 377. The molecular weight excluding hydrogens is 270 g/mol. The average molecular weight is 288 g/mol. The number of halogens is 1. The number of hydrogen-bond acceptors (Lipinski definition) is 4. The van der Waals surface area contributed by atoms with E-state index < -0.39 is 0 Å².